The maximum atomic E-state index is 12.7. The van der Waals surface area contributed by atoms with Crippen molar-refractivity contribution >= 4 is 27.6 Å². The van der Waals surface area contributed by atoms with Crippen LogP contribution < -0.4 is 10.0 Å². The maximum absolute atomic E-state index is 12.7. The first-order valence-corrected chi connectivity index (χ1v) is 9.80. The Morgan fingerprint density at radius 1 is 1.07 bits per heavy atom. The van der Waals surface area contributed by atoms with Gasteiger partial charge in [0.1, 0.15) is 0 Å². The smallest absolute Gasteiger partial charge is 0.264 e. The fraction of sp³-hybridized carbons (Fsp3) is 0.158. The molecule has 0 saturated carbocycles. The number of sulfonamides is 1. The Hall–Kier alpha value is -3.13. The number of carbonyl (C=O) groups is 1. The highest BCUT2D eigenvalue weighted by Gasteiger charge is 2.18. The molecule has 0 atom stereocenters. The number of anilines is 2. The molecule has 0 bridgehead atoms. The van der Waals surface area contributed by atoms with Gasteiger partial charge in [-0.1, -0.05) is 30.3 Å². The number of nitrogens with zero attached hydrogens (tertiary/aromatic N) is 2. The number of nitrogens with one attached hydrogen (secondary N) is 2. The minimum absolute atomic E-state index is 0.0866. The van der Waals surface area contributed by atoms with Gasteiger partial charge >= 0.3 is 0 Å². The minimum atomic E-state index is -3.81. The molecule has 0 saturated heterocycles. The Bertz CT molecular complexity index is 1040. The molecule has 0 fully saturated rings. The third-order valence-electron chi connectivity index (χ3n) is 3.95. The molecule has 3 aromatic rings. The van der Waals surface area contributed by atoms with Crippen LogP contribution in [-0.2, 0) is 21.4 Å². The van der Waals surface area contributed by atoms with Gasteiger partial charge in [0.15, 0.2) is 0 Å². The Balaban J connectivity index is 1.83. The Labute approximate surface area is 158 Å². The van der Waals surface area contributed by atoms with Crippen LogP contribution in [0.1, 0.15) is 18.2 Å². The molecule has 2 N–H and O–H groups in total. The van der Waals surface area contributed by atoms with E-state index in [9.17, 15) is 13.2 Å². The highest BCUT2D eigenvalue weighted by atomic mass is 32.2. The summed E-state index contributed by atoms with van der Waals surface area (Å²) in [6.45, 7) is 3.77. The van der Waals surface area contributed by atoms with Crippen LogP contribution in [0.25, 0.3) is 0 Å². The lowest BCUT2D eigenvalue weighted by Crippen LogP contribution is -2.17. The lowest BCUT2D eigenvalue weighted by atomic mass is 10.2. The first-order chi connectivity index (χ1) is 12.8. The first kappa shape index (κ1) is 18.7. The molecule has 8 heteroatoms. The van der Waals surface area contributed by atoms with Crippen molar-refractivity contribution in [2.45, 2.75) is 25.3 Å². The molecule has 27 heavy (non-hydrogen) atoms. The van der Waals surface area contributed by atoms with Crippen molar-refractivity contribution in [2.24, 2.45) is 0 Å². The van der Waals surface area contributed by atoms with Gasteiger partial charge in [-0.3, -0.25) is 4.79 Å². The lowest BCUT2D eigenvalue weighted by molar-refractivity contribution is -0.114. The highest BCUT2D eigenvalue weighted by Crippen LogP contribution is 2.19. The van der Waals surface area contributed by atoms with E-state index in [-0.39, 0.29) is 16.8 Å². The number of rotatable bonds is 6. The lowest BCUT2D eigenvalue weighted by Gasteiger charge is -2.12. The van der Waals surface area contributed by atoms with E-state index in [2.05, 4.69) is 15.0 Å². The minimum Gasteiger partial charge on any atom is -0.326 e. The van der Waals surface area contributed by atoms with Crippen molar-refractivity contribution < 1.29 is 13.2 Å². The summed E-state index contributed by atoms with van der Waals surface area (Å²) in [5.74, 6) is 0.0319. The number of amides is 1. The van der Waals surface area contributed by atoms with E-state index in [1.807, 2.05) is 37.3 Å². The van der Waals surface area contributed by atoms with Gasteiger partial charge in [-0.2, -0.15) is 0 Å². The van der Waals surface area contributed by atoms with Gasteiger partial charge in [0.2, 0.25) is 11.9 Å². The zero-order valence-corrected chi connectivity index (χ0v) is 15.8. The summed E-state index contributed by atoms with van der Waals surface area (Å²) in [5, 5.41) is 2.60. The molecule has 0 aliphatic rings. The normalized spacial score (nSPS) is 11.2. The van der Waals surface area contributed by atoms with Crippen LogP contribution in [0.5, 0.6) is 0 Å². The number of imidazole rings is 1. The molecule has 0 spiro atoms. The summed E-state index contributed by atoms with van der Waals surface area (Å²) in [5.41, 5.74) is 2.42. The van der Waals surface area contributed by atoms with Gasteiger partial charge in [0.05, 0.1) is 17.6 Å². The number of aryl methyl sites for hydroxylation is 1. The molecule has 3 rings (SSSR count). The van der Waals surface area contributed by atoms with Gasteiger partial charge in [-0.05, 0) is 36.8 Å². The molecular weight excluding hydrogens is 364 g/mol. The van der Waals surface area contributed by atoms with Crippen LogP contribution in [0.15, 0.2) is 65.7 Å². The van der Waals surface area contributed by atoms with Gasteiger partial charge in [0, 0.05) is 18.3 Å². The summed E-state index contributed by atoms with van der Waals surface area (Å²) >= 11 is 0. The van der Waals surface area contributed by atoms with Gasteiger partial charge in [0.25, 0.3) is 10.0 Å². The van der Waals surface area contributed by atoms with E-state index < -0.39 is 10.0 Å². The molecule has 7 nitrogen and oxygen atoms in total. The predicted molar refractivity (Wildman–Crippen MR) is 104 cm³/mol. The van der Waals surface area contributed by atoms with Crippen molar-refractivity contribution in [3.63, 3.8) is 0 Å². The topological polar surface area (TPSA) is 93.1 Å². The zero-order valence-electron chi connectivity index (χ0n) is 15.0. The van der Waals surface area contributed by atoms with Crippen LogP contribution >= 0.6 is 0 Å². The highest BCUT2D eigenvalue weighted by molar-refractivity contribution is 7.92. The summed E-state index contributed by atoms with van der Waals surface area (Å²) in [6.07, 6.45) is 1.63. The van der Waals surface area contributed by atoms with E-state index in [0.29, 0.717) is 12.2 Å². The number of aromatic nitrogens is 2. The summed E-state index contributed by atoms with van der Waals surface area (Å²) in [6, 6.07) is 15.7. The van der Waals surface area contributed by atoms with E-state index in [4.69, 9.17) is 0 Å². The second-order valence-corrected chi connectivity index (χ2v) is 7.79. The molecule has 0 aliphatic carbocycles. The second-order valence-electron chi connectivity index (χ2n) is 6.11. The third kappa shape index (κ3) is 4.53. The second kappa shape index (κ2) is 7.63. The van der Waals surface area contributed by atoms with Crippen LogP contribution in [-0.4, -0.2) is 23.9 Å². The molecule has 1 heterocycles. The van der Waals surface area contributed by atoms with Crippen molar-refractivity contribution in [2.75, 3.05) is 10.0 Å². The predicted octanol–water partition coefficient (Wildman–Crippen LogP) is 3.00. The Morgan fingerprint density at radius 2 is 1.74 bits per heavy atom. The molecule has 0 unspecified atom stereocenters. The number of hydrogen-bond acceptors (Lipinski definition) is 4. The van der Waals surface area contributed by atoms with Crippen molar-refractivity contribution in [1.29, 1.82) is 0 Å². The zero-order chi connectivity index (χ0) is 19.4. The van der Waals surface area contributed by atoms with Crippen LogP contribution in [0.2, 0.25) is 0 Å². The van der Waals surface area contributed by atoms with Gasteiger partial charge < -0.3 is 9.88 Å². The molecule has 0 aliphatic heterocycles. The molecular formula is C19H20N4O3S. The monoisotopic (exact) mass is 384 g/mol. The molecule has 140 valence electrons. The van der Waals surface area contributed by atoms with Crippen LogP contribution in [0.3, 0.4) is 0 Å². The van der Waals surface area contributed by atoms with Crippen LogP contribution in [0, 0.1) is 6.92 Å². The SMILES string of the molecule is CC(=O)Nc1ccc(S(=O)(=O)Nc2ncc(C)n2Cc2ccccc2)cc1. The standard InChI is InChI=1S/C19H20N4O3S/c1-14-12-20-19(23(14)13-16-6-4-3-5-7-16)22-27(25,26)18-10-8-17(9-11-18)21-15(2)24/h3-12H,13H2,1-2H3,(H,20,22)(H,21,24). The van der Waals surface area contributed by atoms with Gasteiger partial charge in [-0.15, -0.1) is 0 Å². The van der Waals surface area contributed by atoms with E-state index in [1.165, 1.54) is 31.2 Å². The fourth-order valence-corrected chi connectivity index (χ4v) is 3.62. The van der Waals surface area contributed by atoms with Crippen LogP contribution in [0.4, 0.5) is 11.6 Å². The average molecular weight is 384 g/mol. The number of benzene rings is 2. The number of hydrogen-bond donors (Lipinski definition) is 2. The molecule has 2 aromatic carbocycles. The fourth-order valence-electron chi connectivity index (χ4n) is 2.61. The first-order valence-electron chi connectivity index (χ1n) is 8.32. The van der Waals surface area contributed by atoms with Gasteiger partial charge in [-0.25, -0.2) is 18.1 Å². The summed E-state index contributed by atoms with van der Waals surface area (Å²) in [7, 11) is -3.81. The molecule has 1 amide bonds. The van der Waals surface area contributed by atoms with E-state index >= 15 is 0 Å². The Morgan fingerprint density at radius 3 is 2.37 bits per heavy atom. The van der Waals surface area contributed by atoms with Crippen molar-refractivity contribution in [3.8, 4) is 0 Å². The summed E-state index contributed by atoms with van der Waals surface area (Å²) < 4.78 is 29.7. The molecule has 0 radical (unpaired) electrons. The van der Waals surface area contributed by atoms with E-state index in [0.717, 1.165) is 11.3 Å². The summed E-state index contributed by atoms with van der Waals surface area (Å²) in [4.78, 5) is 15.4. The maximum Gasteiger partial charge on any atom is 0.264 e. The quantitative estimate of drug-likeness (QED) is 0.683. The van der Waals surface area contributed by atoms with E-state index in [1.54, 1.807) is 10.8 Å². The average Bonchev–Trinajstić information content (AvgIpc) is 2.95. The van der Waals surface area contributed by atoms with Crippen molar-refractivity contribution in [3.05, 3.63) is 72.1 Å². The third-order valence-corrected chi connectivity index (χ3v) is 5.29. The Kier molecular flexibility index (Phi) is 5.27. The van der Waals surface area contributed by atoms with Crippen molar-refractivity contribution in [1.82, 2.24) is 9.55 Å². The molecule has 1 aromatic heterocycles. The number of carbonyl (C=O) groups excluding carboxylic acids is 1. The largest absolute Gasteiger partial charge is 0.326 e.